The van der Waals surface area contributed by atoms with Crippen LogP contribution in [0.4, 0.5) is 0 Å². The van der Waals surface area contributed by atoms with Crippen molar-refractivity contribution in [2.45, 2.75) is 6.92 Å². The van der Waals surface area contributed by atoms with Gasteiger partial charge in [-0.1, -0.05) is 17.7 Å². The van der Waals surface area contributed by atoms with Crippen LogP contribution in [0.2, 0.25) is 5.02 Å². The topological polar surface area (TPSA) is 30.2 Å². The number of hydrogen-bond acceptors (Lipinski definition) is 2. The van der Waals surface area contributed by atoms with E-state index < -0.39 is 0 Å². The minimum absolute atomic E-state index is 0.139. The van der Waals surface area contributed by atoms with Crippen molar-refractivity contribution in [1.82, 2.24) is 0 Å². The smallest absolute Gasteiger partial charge is 0.228 e. The maximum absolute atomic E-state index is 11.9. The number of hydrogen-bond donors (Lipinski definition) is 0. The van der Waals surface area contributed by atoms with Gasteiger partial charge in [0.1, 0.15) is 0 Å². The van der Waals surface area contributed by atoms with Gasteiger partial charge in [-0.15, -0.1) is 0 Å². The minimum atomic E-state index is -0.139. The average Bonchev–Trinajstić information content (AvgIpc) is 2.74. The summed E-state index contributed by atoms with van der Waals surface area (Å²) in [4.78, 5) is 11.9. The highest BCUT2D eigenvalue weighted by atomic mass is 35.5. The molecule has 0 bridgehead atoms. The highest BCUT2D eigenvalue weighted by molar-refractivity contribution is 6.31. The highest BCUT2D eigenvalue weighted by Crippen LogP contribution is 2.19. The summed E-state index contributed by atoms with van der Waals surface area (Å²) >= 11 is 5.84. The number of furan rings is 1. The number of ketones is 1. The summed E-state index contributed by atoms with van der Waals surface area (Å²) in [7, 11) is 0. The molecule has 0 saturated heterocycles. The summed E-state index contributed by atoms with van der Waals surface area (Å²) in [5.74, 6) is 0.195. The molecule has 1 aromatic heterocycles. The number of benzene rings is 1. The van der Waals surface area contributed by atoms with Crippen LogP contribution < -0.4 is 0 Å². The fourth-order valence-corrected chi connectivity index (χ4v) is 1.55. The number of carbonyl (C=O) groups excluding carboxylic acids is 1. The SMILES string of the molecule is Cc1ccc(Cl)cc1C(=O)c1ccco1. The van der Waals surface area contributed by atoms with Crippen LogP contribution in [0.15, 0.2) is 41.0 Å². The summed E-state index contributed by atoms with van der Waals surface area (Å²) < 4.78 is 5.05. The molecule has 2 nitrogen and oxygen atoms in total. The fourth-order valence-electron chi connectivity index (χ4n) is 1.38. The van der Waals surface area contributed by atoms with E-state index in [2.05, 4.69) is 0 Å². The largest absolute Gasteiger partial charge is 0.461 e. The molecule has 0 unspecified atom stereocenters. The van der Waals surface area contributed by atoms with Gasteiger partial charge >= 0.3 is 0 Å². The molecule has 0 aliphatic carbocycles. The van der Waals surface area contributed by atoms with Crippen LogP contribution in [0.25, 0.3) is 0 Å². The summed E-state index contributed by atoms with van der Waals surface area (Å²) in [5, 5.41) is 0.551. The fraction of sp³-hybridized carbons (Fsp3) is 0.0833. The molecule has 0 spiro atoms. The van der Waals surface area contributed by atoms with Crippen molar-refractivity contribution < 1.29 is 9.21 Å². The molecule has 0 aliphatic heterocycles. The molecule has 0 fully saturated rings. The first kappa shape index (κ1) is 9.99. The van der Waals surface area contributed by atoms with E-state index in [-0.39, 0.29) is 5.78 Å². The summed E-state index contributed by atoms with van der Waals surface area (Å²) in [6.07, 6.45) is 1.48. The molecule has 3 heteroatoms. The van der Waals surface area contributed by atoms with Crippen molar-refractivity contribution in [3.8, 4) is 0 Å². The molecule has 1 aromatic carbocycles. The summed E-state index contributed by atoms with van der Waals surface area (Å²) in [5.41, 5.74) is 1.47. The normalized spacial score (nSPS) is 10.3. The van der Waals surface area contributed by atoms with E-state index >= 15 is 0 Å². The van der Waals surface area contributed by atoms with Gasteiger partial charge in [0.05, 0.1) is 6.26 Å². The minimum Gasteiger partial charge on any atom is -0.461 e. The summed E-state index contributed by atoms with van der Waals surface area (Å²) in [6.45, 7) is 1.87. The third-order valence-electron chi connectivity index (χ3n) is 2.19. The Morgan fingerprint density at radius 3 is 2.80 bits per heavy atom. The molecule has 15 heavy (non-hydrogen) atoms. The molecular formula is C12H9ClO2. The van der Waals surface area contributed by atoms with Crippen molar-refractivity contribution >= 4 is 17.4 Å². The Kier molecular flexibility index (Phi) is 2.60. The molecule has 0 atom stereocenters. The number of aryl methyl sites for hydroxylation is 1. The Bertz CT molecular complexity index is 486. The third-order valence-corrected chi connectivity index (χ3v) is 2.42. The van der Waals surface area contributed by atoms with Gasteiger partial charge in [-0.2, -0.15) is 0 Å². The van der Waals surface area contributed by atoms with Crippen molar-refractivity contribution in [2.75, 3.05) is 0 Å². The van der Waals surface area contributed by atoms with Crippen molar-refractivity contribution in [2.24, 2.45) is 0 Å². The van der Waals surface area contributed by atoms with Crippen LogP contribution in [0, 0.1) is 6.92 Å². The number of rotatable bonds is 2. The molecule has 0 aliphatic rings. The number of halogens is 1. The first-order chi connectivity index (χ1) is 7.18. The Morgan fingerprint density at radius 1 is 1.33 bits per heavy atom. The Morgan fingerprint density at radius 2 is 2.13 bits per heavy atom. The molecular weight excluding hydrogens is 212 g/mol. The zero-order chi connectivity index (χ0) is 10.8. The quantitative estimate of drug-likeness (QED) is 0.726. The van der Waals surface area contributed by atoms with Gasteiger partial charge in [-0.25, -0.2) is 0 Å². The molecule has 1 heterocycles. The molecule has 2 aromatic rings. The highest BCUT2D eigenvalue weighted by Gasteiger charge is 2.14. The zero-order valence-corrected chi connectivity index (χ0v) is 8.91. The van der Waals surface area contributed by atoms with Gasteiger partial charge in [0.25, 0.3) is 0 Å². The van der Waals surface area contributed by atoms with Gasteiger partial charge in [-0.3, -0.25) is 4.79 Å². The Labute approximate surface area is 92.5 Å². The van der Waals surface area contributed by atoms with Crippen LogP contribution in [0.1, 0.15) is 21.7 Å². The van der Waals surface area contributed by atoms with Crippen molar-refractivity contribution in [3.63, 3.8) is 0 Å². The predicted octanol–water partition coefficient (Wildman–Crippen LogP) is 3.47. The Balaban J connectivity index is 2.46. The van der Waals surface area contributed by atoms with E-state index in [0.29, 0.717) is 16.3 Å². The van der Waals surface area contributed by atoms with E-state index in [1.807, 2.05) is 13.0 Å². The van der Waals surface area contributed by atoms with Crippen LogP contribution in [-0.2, 0) is 0 Å². The molecule has 0 N–H and O–H groups in total. The van der Waals surface area contributed by atoms with Crippen LogP contribution in [0.3, 0.4) is 0 Å². The van der Waals surface area contributed by atoms with Crippen LogP contribution in [0.5, 0.6) is 0 Å². The van der Waals surface area contributed by atoms with Crippen molar-refractivity contribution in [3.05, 3.63) is 58.5 Å². The zero-order valence-electron chi connectivity index (χ0n) is 8.16. The lowest BCUT2D eigenvalue weighted by Crippen LogP contribution is -2.02. The van der Waals surface area contributed by atoms with Gasteiger partial charge < -0.3 is 4.42 Å². The lowest BCUT2D eigenvalue weighted by molar-refractivity contribution is 0.101. The average molecular weight is 221 g/mol. The van der Waals surface area contributed by atoms with E-state index in [0.717, 1.165) is 5.56 Å². The molecule has 0 radical (unpaired) electrons. The van der Waals surface area contributed by atoms with Gasteiger partial charge in [0, 0.05) is 10.6 Å². The molecule has 76 valence electrons. The molecule has 2 rings (SSSR count). The van der Waals surface area contributed by atoms with E-state index in [1.165, 1.54) is 6.26 Å². The number of carbonyl (C=O) groups is 1. The Hall–Kier alpha value is -1.54. The van der Waals surface area contributed by atoms with E-state index in [1.54, 1.807) is 24.3 Å². The van der Waals surface area contributed by atoms with Gasteiger partial charge in [0.15, 0.2) is 5.76 Å². The molecule has 0 saturated carbocycles. The first-order valence-corrected chi connectivity index (χ1v) is 4.90. The first-order valence-electron chi connectivity index (χ1n) is 4.53. The summed E-state index contributed by atoms with van der Waals surface area (Å²) in [6, 6.07) is 8.56. The third kappa shape index (κ3) is 1.95. The molecule has 0 amide bonds. The van der Waals surface area contributed by atoms with Crippen LogP contribution >= 0.6 is 11.6 Å². The monoisotopic (exact) mass is 220 g/mol. The maximum Gasteiger partial charge on any atom is 0.228 e. The lowest BCUT2D eigenvalue weighted by Gasteiger charge is -2.02. The second-order valence-electron chi connectivity index (χ2n) is 3.27. The second-order valence-corrected chi connectivity index (χ2v) is 3.70. The van der Waals surface area contributed by atoms with E-state index in [9.17, 15) is 4.79 Å². The lowest BCUT2D eigenvalue weighted by atomic mass is 10.0. The standard InChI is InChI=1S/C12H9ClO2/c1-8-4-5-9(13)7-10(8)12(14)11-3-2-6-15-11/h2-7H,1H3. The van der Waals surface area contributed by atoms with E-state index in [4.69, 9.17) is 16.0 Å². The second kappa shape index (κ2) is 3.91. The van der Waals surface area contributed by atoms with Gasteiger partial charge in [0.2, 0.25) is 5.78 Å². The van der Waals surface area contributed by atoms with Crippen molar-refractivity contribution in [1.29, 1.82) is 0 Å². The maximum atomic E-state index is 11.9. The predicted molar refractivity (Wildman–Crippen MR) is 58.3 cm³/mol. The van der Waals surface area contributed by atoms with Gasteiger partial charge in [-0.05, 0) is 36.8 Å². The van der Waals surface area contributed by atoms with Crippen LogP contribution in [-0.4, -0.2) is 5.78 Å².